The smallest absolute Gasteiger partial charge is 0.306 e. The number of carbonyl (C=O) groups is 2. The summed E-state index contributed by atoms with van der Waals surface area (Å²) in [5.41, 5.74) is 0. The molecule has 1 heterocycles. The maximum atomic E-state index is 11.6. The summed E-state index contributed by atoms with van der Waals surface area (Å²) in [5.74, 6) is 0.106. The summed E-state index contributed by atoms with van der Waals surface area (Å²) in [7, 11) is 0. The largest absolute Gasteiger partial charge is 0.481 e. The quantitative estimate of drug-likeness (QED) is 0.696. The number of amides is 1. The molecule has 92 valence electrons. The Balaban J connectivity index is 2.06. The summed E-state index contributed by atoms with van der Waals surface area (Å²) in [4.78, 5) is 22.1. The van der Waals surface area contributed by atoms with Gasteiger partial charge in [-0.1, -0.05) is 6.92 Å². The van der Waals surface area contributed by atoms with Gasteiger partial charge in [-0.05, 0) is 31.4 Å². The van der Waals surface area contributed by atoms with E-state index in [-0.39, 0.29) is 17.1 Å². The molecule has 2 atom stereocenters. The van der Waals surface area contributed by atoms with Gasteiger partial charge in [-0.25, -0.2) is 0 Å². The first-order valence-electron chi connectivity index (χ1n) is 5.73. The van der Waals surface area contributed by atoms with Gasteiger partial charge in [0.1, 0.15) is 0 Å². The zero-order valence-corrected chi connectivity index (χ0v) is 10.4. The minimum atomic E-state index is -0.766. The Morgan fingerprint density at radius 1 is 1.56 bits per heavy atom. The van der Waals surface area contributed by atoms with E-state index < -0.39 is 5.97 Å². The van der Waals surface area contributed by atoms with E-state index in [1.807, 2.05) is 0 Å². The van der Waals surface area contributed by atoms with Gasteiger partial charge in [0.05, 0.1) is 11.2 Å². The van der Waals surface area contributed by atoms with Gasteiger partial charge in [-0.2, -0.15) is 0 Å². The first-order chi connectivity index (χ1) is 7.61. The van der Waals surface area contributed by atoms with Crippen LogP contribution in [0.1, 0.15) is 32.6 Å². The van der Waals surface area contributed by atoms with Crippen LogP contribution in [-0.4, -0.2) is 34.5 Å². The standard InChI is InChI=1S/C11H19NO3S/c1-8(11(14)15)4-2-6-12-10(13)9-5-3-7-16-9/h8-9H,2-7H2,1H3,(H,12,13)(H,14,15). The summed E-state index contributed by atoms with van der Waals surface area (Å²) in [6.45, 7) is 2.28. The molecule has 1 fully saturated rings. The van der Waals surface area contributed by atoms with Crippen LogP contribution in [-0.2, 0) is 9.59 Å². The molecule has 1 amide bonds. The highest BCUT2D eigenvalue weighted by Gasteiger charge is 2.22. The number of thioether (sulfide) groups is 1. The lowest BCUT2D eigenvalue weighted by Gasteiger charge is -2.10. The lowest BCUT2D eigenvalue weighted by Crippen LogP contribution is -2.32. The van der Waals surface area contributed by atoms with Crippen molar-refractivity contribution >= 4 is 23.6 Å². The molecule has 4 nitrogen and oxygen atoms in total. The van der Waals surface area contributed by atoms with E-state index in [1.165, 1.54) is 0 Å². The molecule has 1 saturated heterocycles. The molecule has 0 spiro atoms. The van der Waals surface area contributed by atoms with E-state index in [1.54, 1.807) is 18.7 Å². The van der Waals surface area contributed by atoms with Gasteiger partial charge >= 0.3 is 5.97 Å². The number of hydrogen-bond donors (Lipinski definition) is 2. The van der Waals surface area contributed by atoms with Crippen molar-refractivity contribution in [3.05, 3.63) is 0 Å². The highest BCUT2D eigenvalue weighted by atomic mass is 32.2. The highest BCUT2D eigenvalue weighted by molar-refractivity contribution is 8.00. The first kappa shape index (κ1) is 13.4. The second-order valence-corrected chi connectivity index (χ2v) is 5.48. The molecule has 0 aromatic rings. The summed E-state index contributed by atoms with van der Waals surface area (Å²) in [6, 6.07) is 0. The SMILES string of the molecule is CC(CCCNC(=O)C1CCCS1)C(=O)O. The Labute approximate surface area is 100 Å². The van der Waals surface area contributed by atoms with Crippen molar-refractivity contribution in [3.8, 4) is 0 Å². The molecule has 5 heteroatoms. The Hall–Kier alpha value is -0.710. The Kier molecular flexibility index (Phi) is 5.66. The highest BCUT2D eigenvalue weighted by Crippen LogP contribution is 2.25. The Bertz CT molecular complexity index is 252. The zero-order valence-electron chi connectivity index (χ0n) is 9.57. The van der Waals surface area contributed by atoms with Crippen molar-refractivity contribution in [2.45, 2.75) is 37.9 Å². The van der Waals surface area contributed by atoms with Gasteiger partial charge < -0.3 is 10.4 Å². The minimum absolute atomic E-state index is 0.116. The molecule has 2 unspecified atom stereocenters. The normalized spacial score (nSPS) is 21.7. The number of hydrogen-bond acceptors (Lipinski definition) is 3. The lowest BCUT2D eigenvalue weighted by atomic mass is 10.1. The molecular formula is C11H19NO3S. The average Bonchev–Trinajstić information content (AvgIpc) is 2.76. The number of carbonyl (C=O) groups excluding carboxylic acids is 1. The average molecular weight is 245 g/mol. The molecule has 1 aliphatic heterocycles. The van der Waals surface area contributed by atoms with Crippen LogP contribution in [0, 0.1) is 5.92 Å². The van der Waals surface area contributed by atoms with Crippen molar-refractivity contribution in [1.82, 2.24) is 5.32 Å². The van der Waals surface area contributed by atoms with Crippen LogP contribution in [0.15, 0.2) is 0 Å². The second kappa shape index (κ2) is 6.78. The predicted octanol–water partition coefficient (Wildman–Crippen LogP) is 1.50. The van der Waals surface area contributed by atoms with E-state index in [9.17, 15) is 9.59 Å². The molecule has 16 heavy (non-hydrogen) atoms. The molecule has 1 rings (SSSR count). The molecule has 2 N–H and O–H groups in total. The molecular weight excluding hydrogens is 226 g/mol. The van der Waals surface area contributed by atoms with Gasteiger partial charge in [-0.15, -0.1) is 11.8 Å². The fourth-order valence-electron chi connectivity index (χ4n) is 1.64. The topological polar surface area (TPSA) is 66.4 Å². The molecule has 1 aliphatic rings. The molecule has 0 radical (unpaired) electrons. The monoisotopic (exact) mass is 245 g/mol. The number of carboxylic acids is 1. The maximum Gasteiger partial charge on any atom is 0.306 e. The van der Waals surface area contributed by atoms with Crippen molar-refractivity contribution < 1.29 is 14.7 Å². The van der Waals surface area contributed by atoms with E-state index in [4.69, 9.17) is 5.11 Å². The van der Waals surface area contributed by atoms with Crippen molar-refractivity contribution in [1.29, 1.82) is 0 Å². The summed E-state index contributed by atoms with van der Waals surface area (Å²) in [5, 5.41) is 11.7. The molecule has 0 aliphatic carbocycles. The van der Waals surface area contributed by atoms with Gasteiger partial charge in [0.2, 0.25) is 5.91 Å². The fraction of sp³-hybridized carbons (Fsp3) is 0.818. The third kappa shape index (κ3) is 4.43. The Morgan fingerprint density at radius 3 is 2.88 bits per heavy atom. The van der Waals surface area contributed by atoms with Crippen LogP contribution < -0.4 is 5.32 Å². The van der Waals surface area contributed by atoms with Crippen molar-refractivity contribution in [3.63, 3.8) is 0 Å². The third-order valence-corrected chi connectivity index (χ3v) is 4.13. The lowest BCUT2D eigenvalue weighted by molar-refractivity contribution is -0.141. The molecule has 0 aromatic heterocycles. The summed E-state index contributed by atoms with van der Waals surface area (Å²) < 4.78 is 0. The van der Waals surface area contributed by atoms with Crippen molar-refractivity contribution in [2.75, 3.05) is 12.3 Å². The van der Waals surface area contributed by atoms with E-state index in [0.29, 0.717) is 13.0 Å². The number of nitrogens with one attached hydrogen (secondary N) is 1. The Morgan fingerprint density at radius 2 is 2.31 bits per heavy atom. The fourth-order valence-corrected chi connectivity index (χ4v) is 2.83. The summed E-state index contributed by atoms with van der Waals surface area (Å²) in [6.07, 6.45) is 3.45. The van der Waals surface area contributed by atoms with Gasteiger partial charge in [0.15, 0.2) is 0 Å². The van der Waals surface area contributed by atoms with Crippen LogP contribution >= 0.6 is 11.8 Å². The van der Waals surface area contributed by atoms with Crippen LogP contribution in [0.3, 0.4) is 0 Å². The number of rotatable bonds is 6. The zero-order chi connectivity index (χ0) is 12.0. The number of aliphatic carboxylic acids is 1. The molecule has 0 aromatic carbocycles. The van der Waals surface area contributed by atoms with E-state index in [0.717, 1.165) is 25.0 Å². The van der Waals surface area contributed by atoms with Crippen molar-refractivity contribution in [2.24, 2.45) is 5.92 Å². The predicted molar refractivity (Wildman–Crippen MR) is 64.5 cm³/mol. The minimum Gasteiger partial charge on any atom is -0.481 e. The number of carboxylic acid groups (broad SMARTS) is 1. The first-order valence-corrected chi connectivity index (χ1v) is 6.78. The molecule has 0 bridgehead atoms. The van der Waals surface area contributed by atoms with Gasteiger partial charge in [0, 0.05) is 6.54 Å². The van der Waals surface area contributed by atoms with E-state index in [2.05, 4.69) is 5.32 Å². The van der Waals surface area contributed by atoms with E-state index >= 15 is 0 Å². The van der Waals surface area contributed by atoms with Crippen LogP contribution in [0.2, 0.25) is 0 Å². The van der Waals surface area contributed by atoms with Crippen LogP contribution in [0.5, 0.6) is 0 Å². The third-order valence-electron chi connectivity index (χ3n) is 2.76. The van der Waals surface area contributed by atoms with Gasteiger partial charge in [-0.3, -0.25) is 9.59 Å². The summed E-state index contributed by atoms with van der Waals surface area (Å²) >= 11 is 1.71. The van der Waals surface area contributed by atoms with Crippen LogP contribution in [0.4, 0.5) is 0 Å². The second-order valence-electron chi connectivity index (χ2n) is 4.17. The maximum absolute atomic E-state index is 11.6. The van der Waals surface area contributed by atoms with Crippen LogP contribution in [0.25, 0.3) is 0 Å². The van der Waals surface area contributed by atoms with Gasteiger partial charge in [0.25, 0.3) is 0 Å². The molecule has 0 saturated carbocycles.